The van der Waals surface area contributed by atoms with Gasteiger partial charge >= 0.3 is 0 Å². The maximum absolute atomic E-state index is 9.20. The molecule has 0 spiro atoms. The first-order valence-electron chi connectivity index (χ1n) is 5.33. The van der Waals surface area contributed by atoms with Crippen molar-refractivity contribution >= 4 is 5.57 Å². The number of aromatic nitrogens is 1. The first-order chi connectivity index (χ1) is 7.53. The van der Waals surface area contributed by atoms with Crippen LogP contribution in [0.25, 0.3) is 5.57 Å². The van der Waals surface area contributed by atoms with Gasteiger partial charge < -0.3 is 5.73 Å². The van der Waals surface area contributed by atoms with Crippen LogP contribution in [-0.2, 0) is 0 Å². The van der Waals surface area contributed by atoms with Crippen molar-refractivity contribution in [2.75, 3.05) is 0 Å². The Balaban J connectivity index is 3.28. The minimum atomic E-state index is -0.158. The topological polar surface area (TPSA) is 62.7 Å². The van der Waals surface area contributed by atoms with Crippen molar-refractivity contribution < 1.29 is 0 Å². The van der Waals surface area contributed by atoms with E-state index in [0.29, 0.717) is 11.3 Å². The molecule has 1 aromatic rings. The van der Waals surface area contributed by atoms with Gasteiger partial charge in [-0.25, -0.2) is 0 Å². The summed E-state index contributed by atoms with van der Waals surface area (Å²) in [6.07, 6.45) is 4.23. The van der Waals surface area contributed by atoms with Crippen molar-refractivity contribution in [3.63, 3.8) is 0 Å². The van der Waals surface area contributed by atoms with Crippen LogP contribution in [-0.4, -0.2) is 4.98 Å². The molecule has 2 N–H and O–H groups in total. The van der Waals surface area contributed by atoms with E-state index in [1.54, 1.807) is 24.5 Å². The lowest BCUT2D eigenvalue weighted by molar-refractivity contribution is 0.426. The molecule has 0 aromatic carbocycles. The average molecular weight is 215 g/mol. The quantitative estimate of drug-likeness (QED) is 0.788. The Morgan fingerprint density at radius 1 is 1.44 bits per heavy atom. The Morgan fingerprint density at radius 2 is 2.00 bits per heavy atom. The van der Waals surface area contributed by atoms with Crippen LogP contribution in [0.4, 0.5) is 0 Å². The third-order valence-electron chi connectivity index (χ3n) is 2.96. The summed E-state index contributed by atoms with van der Waals surface area (Å²) in [7, 11) is 0. The molecule has 0 bridgehead atoms. The van der Waals surface area contributed by atoms with Gasteiger partial charge in [-0.3, -0.25) is 4.98 Å². The molecule has 0 aliphatic heterocycles. The van der Waals surface area contributed by atoms with E-state index in [-0.39, 0.29) is 5.41 Å². The molecule has 0 aliphatic carbocycles. The van der Waals surface area contributed by atoms with Gasteiger partial charge in [0.25, 0.3) is 0 Å². The van der Waals surface area contributed by atoms with Gasteiger partial charge in [0.15, 0.2) is 0 Å². The van der Waals surface area contributed by atoms with Gasteiger partial charge in [-0.2, -0.15) is 5.26 Å². The van der Waals surface area contributed by atoms with Crippen LogP contribution in [0.2, 0.25) is 0 Å². The molecule has 0 amide bonds. The van der Waals surface area contributed by atoms with E-state index in [1.807, 2.05) is 13.8 Å². The van der Waals surface area contributed by atoms with Crippen molar-refractivity contribution in [3.8, 4) is 6.07 Å². The normalized spacial score (nSPS) is 12.9. The average Bonchev–Trinajstić information content (AvgIpc) is 2.31. The lowest BCUT2D eigenvalue weighted by atomic mass is 9.83. The molecular weight excluding hydrogens is 198 g/mol. The minimum absolute atomic E-state index is 0.158. The molecule has 0 fully saturated rings. The number of nitrogens with two attached hydrogens (primary N) is 1. The van der Waals surface area contributed by atoms with Crippen molar-refractivity contribution in [1.29, 1.82) is 5.26 Å². The fourth-order valence-corrected chi connectivity index (χ4v) is 1.33. The molecule has 0 saturated carbocycles. The summed E-state index contributed by atoms with van der Waals surface area (Å²) in [5.74, 6) is 0. The molecule has 0 saturated heterocycles. The highest BCUT2D eigenvalue weighted by Crippen LogP contribution is 2.31. The predicted molar refractivity (Wildman–Crippen MR) is 65.0 cm³/mol. The standard InChI is InChI=1S/C13H17N3/c1-4-13(2,3)12(15)11(9-14)10-5-7-16-8-6-10/h5-8H,4,15H2,1-3H3/b12-11+. The van der Waals surface area contributed by atoms with Gasteiger partial charge in [0, 0.05) is 23.5 Å². The van der Waals surface area contributed by atoms with E-state index in [4.69, 9.17) is 5.73 Å². The van der Waals surface area contributed by atoms with Crippen molar-refractivity contribution in [2.24, 2.45) is 11.1 Å². The van der Waals surface area contributed by atoms with Gasteiger partial charge in [-0.05, 0) is 24.1 Å². The molecular formula is C13H17N3. The van der Waals surface area contributed by atoms with Gasteiger partial charge in [0.1, 0.15) is 6.07 Å². The van der Waals surface area contributed by atoms with Crippen molar-refractivity contribution in [1.82, 2.24) is 4.98 Å². The Labute approximate surface area is 96.6 Å². The second-order valence-corrected chi connectivity index (χ2v) is 4.37. The number of nitrogens with zero attached hydrogens (tertiary/aromatic N) is 2. The molecule has 16 heavy (non-hydrogen) atoms. The van der Waals surface area contributed by atoms with E-state index in [1.165, 1.54) is 0 Å². The first kappa shape index (κ1) is 12.3. The Bertz CT molecular complexity index is 424. The lowest BCUT2D eigenvalue weighted by Crippen LogP contribution is -2.21. The monoisotopic (exact) mass is 215 g/mol. The fourth-order valence-electron chi connectivity index (χ4n) is 1.33. The third kappa shape index (κ3) is 2.40. The number of nitriles is 1. The Kier molecular flexibility index (Phi) is 3.68. The van der Waals surface area contributed by atoms with E-state index >= 15 is 0 Å². The largest absolute Gasteiger partial charge is 0.401 e. The fraction of sp³-hybridized carbons (Fsp3) is 0.385. The van der Waals surface area contributed by atoms with Gasteiger partial charge in [-0.15, -0.1) is 0 Å². The van der Waals surface area contributed by atoms with Crippen LogP contribution >= 0.6 is 0 Å². The molecule has 1 aromatic heterocycles. The van der Waals surface area contributed by atoms with Crippen molar-refractivity contribution in [2.45, 2.75) is 27.2 Å². The number of pyridine rings is 1. The molecule has 1 rings (SSSR count). The molecule has 0 aliphatic rings. The van der Waals surface area contributed by atoms with E-state index in [9.17, 15) is 5.26 Å². The van der Waals surface area contributed by atoms with Gasteiger partial charge in [-0.1, -0.05) is 20.8 Å². The Hall–Kier alpha value is -1.82. The molecule has 0 unspecified atom stereocenters. The third-order valence-corrected chi connectivity index (χ3v) is 2.96. The smallest absolute Gasteiger partial charge is 0.102 e. The van der Waals surface area contributed by atoms with E-state index < -0.39 is 0 Å². The van der Waals surface area contributed by atoms with E-state index in [2.05, 4.69) is 18.0 Å². The highest BCUT2D eigenvalue weighted by molar-refractivity contribution is 5.79. The molecule has 84 valence electrons. The summed E-state index contributed by atoms with van der Waals surface area (Å²) >= 11 is 0. The maximum Gasteiger partial charge on any atom is 0.102 e. The second-order valence-electron chi connectivity index (χ2n) is 4.37. The van der Waals surface area contributed by atoms with Crippen LogP contribution in [0.15, 0.2) is 30.2 Å². The molecule has 3 heteroatoms. The second kappa shape index (κ2) is 4.80. The van der Waals surface area contributed by atoms with Gasteiger partial charge in [0.05, 0.1) is 5.57 Å². The number of allylic oxidation sites excluding steroid dienone is 2. The van der Waals surface area contributed by atoms with Crippen molar-refractivity contribution in [3.05, 3.63) is 35.8 Å². The highest BCUT2D eigenvalue weighted by atomic mass is 14.6. The van der Waals surface area contributed by atoms with Crippen LogP contribution in [0.1, 0.15) is 32.8 Å². The minimum Gasteiger partial charge on any atom is -0.401 e. The van der Waals surface area contributed by atoms with Crippen LogP contribution < -0.4 is 5.73 Å². The predicted octanol–water partition coefficient (Wildman–Crippen LogP) is 2.71. The molecule has 3 nitrogen and oxygen atoms in total. The molecule has 1 heterocycles. The summed E-state index contributed by atoms with van der Waals surface area (Å²) in [4.78, 5) is 3.93. The number of rotatable bonds is 3. The van der Waals surface area contributed by atoms with E-state index in [0.717, 1.165) is 12.0 Å². The molecule has 0 radical (unpaired) electrons. The van der Waals surface area contributed by atoms with Crippen LogP contribution in [0.5, 0.6) is 0 Å². The number of hydrogen-bond donors (Lipinski definition) is 1. The first-order valence-corrected chi connectivity index (χ1v) is 5.33. The molecule has 0 atom stereocenters. The van der Waals surface area contributed by atoms with Gasteiger partial charge in [0.2, 0.25) is 0 Å². The zero-order chi connectivity index (χ0) is 12.2. The summed E-state index contributed by atoms with van der Waals surface area (Å²) in [5, 5.41) is 9.20. The highest BCUT2D eigenvalue weighted by Gasteiger charge is 2.22. The SMILES string of the molecule is CCC(C)(C)/C(N)=C(/C#N)c1ccncc1. The van der Waals surface area contributed by atoms with Crippen LogP contribution in [0.3, 0.4) is 0 Å². The zero-order valence-electron chi connectivity index (χ0n) is 9.99. The lowest BCUT2D eigenvalue weighted by Gasteiger charge is -2.24. The number of hydrogen-bond acceptors (Lipinski definition) is 3. The zero-order valence-corrected chi connectivity index (χ0v) is 9.99. The Morgan fingerprint density at radius 3 is 2.44 bits per heavy atom. The van der Waals surface area contributed by atoms with Crippen LogP contribution in [0, 0.1) is 16.7 Å². The maximum atomic E-state index is 9.20. The summed E-state index contributed by atoms with van der Waals surface area (Å²) in [6.45, 7) is 6.15. The summed E-state index contributed by atoms with van der Waals surface area (Å²) in [5.41, 5.74) is 7.95. The summed E-state index contributed by atoms with van der Waals surface area (Å²) in [6, 6.07) is 5.79. The summed E-state index contributed by atoms with van der Waals surface area (Å²) < 4.78 is 0.